The first kappa shape index (κ1) is 23.2. The Labute approximate surface area is 203 Å². The van der Waals surface area contributed by atoms with Gasteiger partial charge >= 0.3 is 0 Å². The summed E-state index contributed by atoms with van der Waals surface area (Å²) in [6.07, 6.45) is 3.11. The summed E-state index contributed by atoms with van der Waals surface area (Å²) in [5.74, 6) is 0.137. The first-order valence-corrected chi connectivity index (χ1v) is 11.8. The third kappa shape index (κ3) is 5.10. The van der Waals surface area contributed by atoms with Crippen LogP contribution >= 0.6 is 0 Å². The van der Waals surface area contributed by atoms with E-state index in [2.05, 4.69) is 20.3 Å². The molecule has 11 heteroatoms. The zero-order valence-corrected chi connectivity index (χ0v) is 20.0. The van der Waals surface area contributed by atoms with Crippen molar-refractivity contribution in [3.63, 3.8) is 0 Å². The summed E-state index contributed by atoms with van der Waals surface area (Å²) in [4.78, 5) is 33.9. The van der Waals surface area contributed by atoms with Crippen LogP contribution in [0.15, 0.2) is 42.7 Å². The molecule has 0 radical (unpaired) electrons. The number of anilines is 1. The molecule has 0 saturated carbocycles. The number of carbonyl (C=O) groups is 2. The van der Waals surface area contributed by atoms with Crippen LogP contribution in [0.5, 0.6) is 0 Å². The van der Waals surface area contributed by atoms with Crippen molar-refractivity contribution < 1.29 is 14.3 Å². The Balaban J connectivity index is 1.18. The highest BCUT2D eigenvalue weighted by molar-refractivity contribution is 6.00. The third-order valence-corrected chi connectivity index (χ3v) is 6.58. The fraction of sp³-hybridized carbons (Fsp3) is 0.458. The predicted molar refractivity (Wildman–Crippen MR) is 128 cm³/mol. The number of benzene rings is 1. The minimum absolute atomic E-state index is 0.0439. The summed E-state index contributed by atoms with van der Waals surface area (Å²) >= 11 is 0. The molecule has 0 aliphatic carbocycles. The van der Waals surface area contributed by atoms with Crippen molar-refractivity contribution in [2.24, 2.45) is 0 Å². The van der Waals surface area contributed by atoms with Crippen LogP contribution in [0.3, 0.4) is 0 Å². The van der Waals surface area contributed by atoms with Crippen molar-refractivity contribution in [1.82, 2.24) is 34.8 Å². The molecule has 1 unspecified atom stereocenters. The number of hydrogen-bond acceptors (Lipinski definition) is 7. The van der Waals surface area contributed by atoms with Gasteiger partial charge in [-0.3, -0.25) is 19.4 Å². The highest BCUT2D eigenvalue weighted by Crippen LogP contribution is 2.22. The smallest absolute Gasteiger partial charge is 0.291 e. The Morgan fingerprint density at radius 2 is 2.00 bits per heavy atom. The number of rotatable bonds is 8. The highest BCUT2D eigenvalue weighted by atomic mass is 16.5. The molecule has 1 N–H and O–H groups in total. The van der Waals surface area contributed by atoms with Crippen LogP contribution in [0.1, 0.15) is 28.3 Å². The molecule has 1 saturated heterocycles. The predicted octanol–water partition coefficient (Wildman–Crippen LogP) is 0.561. The number of aromatic nitrogens is 5. The van der Waals surface area contributed by atoms with E-state index in [0.717, 1.165) is 43.1 Å². The topological polar surface area (TPSA) is 110 Å². The van der Waals surface area contributed by atoms with Crippen LogP contribution in [0.4, 0.5) is 5.82 Å². The Morgan fingerprint density at radius 3 is 2.77 bits per heavy atom. The molecule has 35 heavy (non-hydrogen) atoms. The number of ether oxygens (including phenoxy) is 1. The molecular weight excluding hydrogens is 448 g/mol. The van der Waals surface area contributed by atoms with Crippen LogP contribution in [-0.2, 0) is 29.0 Å². The largest absolute Gasteiger partial charge is 0.379 e. The standard InChI is InChI=1S/C24H30N8O3/c1-29-21-12-18(8-10-30-14-19(15-30)35-2)27-32(21)11-9-20(24(29)34)26-23(33)22-25-16-31(28-22)13-17-6-4-3-5-7-17/h3-7,12,16,19-20H,8-11,13-15H2,1-2H3,(H,26,33). The molecule has 4 heterocycles. The van der Waals surface area contributed by atoms with E-state index in [-0.39, 0.29) is 11.7 Å². The number of likely N-dealkylation sites (N-methyl/N-ethyl adjacent to an activating group) is 1. The zero-order chi connectivity index (χ0) is 24.4. The van der Waals surface area contributed by atoms with Gasteiger partial charge in [0.2, 0.25) is 5.82 Å². The number of nitrogens with one attached hydrogen (secondary N) is 1. The first-order valence-electron chi connectivity index (χ1n) is 11.8. The van der Waals surface area contributed by atoms with Gasteiger partial charge in [0, 0.05) is 52.8 Å². The molecule has 2 aromatic heterocycles. The molecule has 0 bridgehead atoms. The van der Waals surface area contributed by atoms with Gasteiger partial charge in [-0.2, -0.15) is 5.10 Å². The molecule has 0 spiro atoms. The number of amides is 2. The molecule has 184 valence electrons. The van der Waals surface area contributed by atoms with Gasteiger partial charge in [-0.25, -0.2) is 14.3 Å². The van der Waals surface area contributed by atoms with Gasteiger partial charge in [0.1, 0.15) is 18.2 Å². The van der Waals surface area contributed by atoms with Crippen molar-refractivity contribution >= 4 is 17.6 Å². The number of aryl methyl sites for hydroxylation is 1. The van der Waals surface area contributed by atoms with Gasteiger partial charge < -0.3 is 10.1 Å². The summed E-state index contributed by atoms with van der Waals surface area (Å²) in [6, 6.07) is 11.1. The summed E-state index contributed by atoms with van der Waals surface area (Å²) in [6.45, 7) is 3.85. The van der Waals surface area contributed by atoms with Gasteiger partial charge in [-0.1, -0.05) is 30.3 Å². The lowest BCUT2D eigenvalue weighted by Gasteiger charge is -2.37. The van der Waals surface area contributed by atoms with E-state index in [9.17, 15) is 9.59 Å². The van der Waals surface area contributed by atoms with E-state index in [1.165, 1.54) is 6.33 Å². The molecule has 1 atom stereocenters. The van der Waals surface area contributed by atoms with Gasteiger partial charge in [-0.05, 0) is 12.0 Å². The van der Waals surface area contributed by atoms with E-state index in [0.29, 0.717) is 25.6 Å². The zero-order valence-electron chi connectivity index (χ0n) is 20.0. The fourth-order valence-corrected chi connectivity index (χ4v) is 4.47. The molecule has 2 aliphatic rings. The Kier molecular flexibility index (Phi) is 6.60. The average Bonchev–Trinajstić information content (AvgIpc) is 3.45. The lowest BCUT2D eigenvalue weighted by atomic mass is 10.1. The molecule has 2 amide bonds. The quantitative estimate of drug-likeness (QED) is 0.504. The van der Waals surface area contributed by atoms with Crippen molar-refractivity contribution in [2.45, 2.75) is 38.1 Å². The maximum absolute atomic E-state index is 13.1. The second-order valence-corrected chi connectivity index (χ2v) is 9.05. The molecule has 2 aliphatic heterocycles. The van der Waals surface area contributed by atoms with Crippen molar-refractivity contribution in [3.05, 3.63) is 59.8 Å². The SMILES string of the molecule is COC1CN(CCc2cc3n(n2)CCC(NC(=O)c2ncn(Cc4ccccc4)n2)C(=O)N3C)C1. The van der Waals surface area contributed by atoms with E-state index < -0.39 is 11.9 Å². The highest BCUT2D eigenvalue weighted by Gasteiger charge is 2.32. The Hall–Kier alpha value is -3.57. The minimum atomic E-state index is -0.675. The fourth-order valence-electron chi connectivity index (χ4n) is 4.47. The van der Waals surface area contributed by atoms with Crippen molar-refractivity contribution in [3.8, 4) is 0 Å². The maximum atomic E-state index is 13.1. The number of hydrogen-bond donors (Lipinski definition) is 1. The van der Waals surface area contributed by atoms with Gasteiger partial charge in [-0.15, -0.1) is 5.10 Å². The summed E-state index contributed by atoms with van der Waals surface area (Å²) in [5, 5.41) is 11.8. The van der Waals surface area contributed by atoms with Crippen molar-refractivity contribution in [2.75, 3.05) is 38.7 Å². The summed E-state index contributed by atoms with van der Waals surface area (Å²) < 4.78 is 8.78. The van der Waals surface area contributed by atoms with Crippen molar-refractivity contribution in [1.29, 1.82) is 0 Å². The van der Waals surface area contributed by atoms with E-state index in [4.69, 9.17) is 9.84 Å². The lowest BCUT2D eigenvalue weighted by molar-refractivity contribution is -0.120. The Bertz CT molecular complexity index is 1180. The van der Waals surface area contributed by atoms with Gasteiger partial charge in [0.15, 0.2) is 0 Å². The molecule has 3 aromatic rings. The van der Waals surface area contributed by atoms with Crippen LogP contribution in [0.25, 0.3) is 0 Å². The van der Waals surface area contributed by atoms with Gasteiger partial charge in [0.25, 0.3) is 11.8 Å². The monoisotopic (exact) mass is 478 g/mol. The second kappa shape index (κ2) is 9.96. The molecule has 1 fully saturated rings. The van der Waals surface area contributed by atoms with Crippen LogP contribution < -0.4 is 10.2 Å². The number of fused-ring (bicyclic) bond motifs is 1. The maximum Gasteiger partial charge on any atom is 0.291 e. The van der Waals surface area contributed by atoms with Crippen LogP contribution in [0, 0.1) is 0 Å². The lowest BCUT2D eigenvalue weighted by Crippen LogP contribution is -2.52. The third-order valence-electron chi connectivity index (χ3n) is 6.58. The van der Waals surface area contributed by atoms with Crippen LogP contribution in [-0.4, -0.2) is 87.2 Å². The molecule has 11 nitrogen and oxygen atoms in total. The first-order chi connectivity index (χ1) is 17.0. The number of likely N-dealkylation sites (tertiary alicyclic amines) is 1. The molecule has 1 aromatic carbocycles. The number of carbonyl (C=O) groups excluding carboxylic acids is 2. The van der Waals surface area contributed by atoms with E-state index >= 15 is 0 Å². The normalized spacial score (nSPS) is 18.7. The average molecular weight is 479 g/mol. The van der Waals surface area contributed by atoms with E-state index in [1.54, 1.807) is 23.7 Å². The number of nitrogens with zero attached hydrogens (tertiary/aromatic N) is 7. The minimum Gasteiger partial charge on any atom is -0.379 e. The Morgan fingerprint density at radius 1 is 1.20 bits per heavy atom. The molecule has 5 rings (SSSR count). The summed E-state index contributed by atoms with van der Waals surface area (Å²) in [7, 11) is 3.46. The van der Waals surface area contributed by atoms with Gasteiger partial charge in [0.05, 0.1) is 18.3 Å². The molecular formula is C24H30N8O3. The van der Waals surface area contributed by atoms with E-state index in [1.807, 2.05) is 41.1 Å². The summed E-state index contributed by atoms with van der Waals surface area (Å²) in [5.41, 5.74) is 2.01. The van der Waals surface area contributed by atoms with Crippen LogP contribution in [0.2, 0.25) is 0 Å². The number of methoxy groups -OCH3 is 1. The second-order valence-electron chi connectivity index (χ2n) is 9.05.